The Hall–Kier alpha value is -2.86. The molecule has 1 aliphatic heterocycles. The topological polar surface area (TPSA) is 78.5 Å². The van der Waals surface area contributed by atoms with Crippen LogP contribution < -0.4 is 10.6 Å². The Labute approximate surface area is 175 Å². The number of rotatable bonds is 4. The van der Waals surface area contributed by atoms with E-state index in [-0.39, 0.29) is 12.0 Å². The molecule has 1 aliphatic rings. The highest BCUT2D eigenvalue weighted by molar-refractivity contribution is 6.32. The summed E-state index contributed by atoms with van der Waals surface area (Å²) in [6.45, 7) is 7.34. The Morgan fingerprint density at radius 2 is 1.72 bits per heavy atom. The van der Waals surface area contributed by atoms with Crippen LogP contribution in [0.5, 0.6) is 0 Å². The number of nitrogens with zero attached hydrogens (tertiary/aromatic N) is 1. The number of halogens is 1. The van der Waals surface area contributed by atoms with E-state index < -0.39 is 23.4 Å². The number of imide groups is 1. The average molecular weight is 414 g/mol. The van der Waals surface area contributed by atoms with Gasteiger partial charge in [-0.05, 0) is 30.0 Å². The molecular formula is C22H24ClN3O3. The molecule has 2 aromatic rings. The molecular weight excluding hydrogens is 390 g/mol. The second kappa shape index (κ2) is 7.52. The normalized spacial score (nSPS) is 19.3. The zero-order chi connectivity index (χ0) is 21.4. The van der Waals surface area contributed by atoms with Crippen molar-refractivity contribution in [3.05, 3.63) is 64.7 Å². The van der Waals surface area contributed by atoms with Gasteiger partial charge in [-0.1, -0.05) is 68.8 Å². The van der Waals surface area contributed by atoms with Gasteiger partial charge in [0.2, 0.25) is 5.91 Å². The van der Waals surface area contributed by atoms with Crippen LogP contribution in [0.3, 0.4) is 0 Å². The Balaban J connectivity index is 1.80. The van der Waals surface area contributed by atoms with Gasteiger partial charge in [-0.2, -0.15) is 0 Å². The number of amides is 4. The number of anilines is 1. The first-order valence-corrected chi connectivity index (χ1v) is 9.70. The van der Waals surface area contributed by atoms with Crippen LogP contribution in [0, 0.1) is 0 Å². The summed E-state index contributed by atoms with van der Waals surface area (Å²) >= 11 is 6.23. The lowest BCUT2D eigenvalue weighted by atomic mass is 9.86. The number of hydrogen-bond donors (Lipinski definition) is 2. The molecule has 0 saturated carbocycles. The third-order valence-electron chi connectivity index (χ3n) is 5.00. The minimum Gasteiger partial charge on any atom is -0.324 e. The van der Waals surface area contributed by atoms with Crippen molar-refractivity contribution in [2.75, 3.05) is 11.9 Å². The van der Waals surface area contributed by atoms with Crippen LogP contribution in [0.1, 0.15) is 38.8 Å². The molecule has 0 aromatic heterocycles. The van der Waals surface area contributed by atoms with E-state index in [2.05, 4.69) is 10.6 Å². The second-order valence-corrected chi connectivity index (χ2v) is 8.68. The molecule has 6 nitrogen and oxygen atoms in total. The van der Waals surface area contributed by atoms with Crippen LogP contribution in [-0.2, 0) is 20.5 Å². The van der Waals surface area contributed by atoms with E-state index >= 15 is 0 Å². The van der Waals surface area contributed by atoms with Crippen molar-refractivity contribution in [1.29, 1.82) is 0 Å². The lowest BCUT2D eigenvalue weighted by Crippen LogP contribution is -2.42. The van der Waals surface area contributed by atoms with Crippen LogP contribution in [0.2, 0.25) is 5.02 Å². The second-order valence-electron chi connectivity index (χ2n) is 8.27. The fourth-order valence-electron chi connectivity index (χ4n) is 3.47. The van der Waals surface area contributed by atoms with Crippen LogP contribution >= 0.6 is 11.6 Å². The fourth-order valence-corrected chi connectivity index (χ4v) is 3.79. The number of benzene rings is 2. The van der Waals surface area contributed by atoms with E-state index in [0.29, 0.717) is 16.3 Å². The van der Waals surface area contributed by atoms with Crippen molar-refractivity contribution in [2.45, 2.75) is 38.6 Å². The maximum absolute atomic E-state index is 13.0. The third-order valence-corrected chi connectivity index (χ3v) is 5.33. The number of carbonyl (C=O) groups excluding carboxylic acids is 3. The highest BCUT2D eigenvalue weighted by Gasteiger charge is 2.50. The van der Waals surface area contributed by atoms with Gasteiger partial charge in [-0.15, -0.1) is 0 Å². The molecule has 2 N–H and O–H groups in total. The van der Waals surface area contributed by atoms with Crippen molar-refractivity contribution < 1.29 is 14.4 Å². The molecule has 152 valence electrons. The fraction of sp³-hybridized carbons (Fsp3) is 0.318. The summed E-state index contributed by atoms with van der Waals surface area (Å²) in [6, 6.07) is 13.7. The Kier molecular flexibility index (Phi) is 5.41. The zero-order valence-corrected chi connectivity index (χ0v) is 17.6. The van der Waals surface area contributed by atoms with Crippen molar-refractivity contribution in [1.82, 2.24) is 10.2 Å². The Morgan fingerprint density at radius 3 is 2.38 bits per heavy atom. The molecule has 0 unspecified atom stereocenters. The van der Waals surface area contributed by atoms with E-state index in [0.717, 1.165) is 10.5 Å². The lowest BCUT2D eigenvalue weighted by molar-refractivity contribution is -0.133. The molecule has 1 fully saturated rings. The standard InChI is InChI=1S/C22H24ClN3O3/c1-21(2,3)15-10-6-8-12-17(15)24-18(27)13-26-19(28)22(4,25-20(26)29)14-9-5-7-11-16(14)23/h5-12H,13H2,1-4H3,(H,24,27)(H,25,29)/t22-/m1/s1. The van der Waals surface area contributed by atoms with E-state index in [4.69, 9.17) is 11.6 Å². The SMILES string of the molecule is CC(C)(C)c1ccccc1NC(=O)CN1C(=O)N[C@](C)(c2ccccc2Cl)C1=O. The molecule has 0 aliphatic carbocycles. The quantitative estimate of drug-likeness (QED) is 0.742. The van der Waals surface area contributed by atoms with Gasteiger partial charge in [0.1, 0.15) is 12.1 Å². The van der Waals surface area contributed by atoms with Crippen molar-refractivity contribution in [3.63, 3.8) is 0 Å². The molecule has 1 heterocycles. The number of carbonyl (C=O) groups is 3. The van der Waals surface area contributed by atoms with Crippen molar-refractivity contribution >= 4 is 35.1 Å². The van der Waals surface area contributed by atoms with Crippen molar-refractivity contribution in [2.24, 2.45) is 0 Å². The number of hydrogen-bond acceptors (Lipinski definition) is 3. The minimum absolute atomic E-state index is 0.173. The molecule has 3 rings (SSSR count). The van der Waals surface area contributed by atoms with Gasteiger partial charge in [0.25, 0.3) is 5.91 Å². The van der Waals surface area contributed by atoms with Crippen molar-refractivity contribution in [3.8, 4) is 0 Å². The predicted molar refractivity (Wildman–Crippen MR) is 113 cm³/mol. The minimum atomic E-state index is -1.32. The average Bonchev–Trinajstić information content (AvgIpc) is 2.85. The van der Waals surface area contributed by atoms with Crippen LogP contribution in [0.4, 0.5) is 10.5 Å². The zero-order valence-electron chi connectivity index (χ0n) is 16.9. The first-order chi connectivity index (χ1) is 13.5. The highest BCUT2D eigenvalue weighted by atomic mass is 35.5. The molecule has 0 spiro atoms. The largest absolute Gasteiger partial charge is 0.325 e. The van der Waals surface area contributed by atoms with E-state index in [1.807, 2.05) is 39.0 Å². The Morgan fingerprint density at radius 1 is 1.10 bits per heavy atom. The molecule has 4 amide bonds. The van der Waals surface area contributed by atoms with Gasteiger partial charge in [0.15, 0.2) is 0 Å². The van der Waals surface area contributed by atoms with Crippen LogP contribution in [0.15, 0.2) is 48.5 Å². The molecule has 29 heavy (non-hydrogen) atoms. The summed E-state index contributed by atoms with van der Waals surface area (Å²) in [4.78, 5) is 39.0. The van der Waals surface area contributed by atoms with Gasteiger partial charge in [-0.3, -0.25) is 14.5 Å². The maximum Gasteiger partial charge on any atom is 0.325 e. The Bertz CT molecular complexity index is 983. The maximum atomic E-state index is 13.0. The molecule has 2 aromatic carbocycles. The summed E-state index contributed by atoms with van der Waals surface area (Å²) in [6.07, 6.45) is 0. The number of para-hydroxylation sites is 1. The van der Waals surface area contributed by atoms with Crippen LogP contribution in [0.25, 0.3) is 0 Å². The number of urea groups is 1. The monoisotopic (exact) mass is 413 g/mol. The van der Waals surface area contributed by atoms with Gasteiger partial charge >= 0.3 is 6.03 Å². The first-order valence-electron chi connectivity index (χ1n) is 9.32. The number of nitrogens with one attached hydrogen (secondary N) is 2. The van der Waals surface area contributed by atoms with E-state index in [1.54, 1.807) is 37.3 Å². The van der Waals surface area contributed by atoms with Gasteiger partial charge < -0.3 is 10.6 Å². The summed E-state index contributed by atoms with van der Waals surface area (Å²) in [7, 11) is 0. The summed E-state index contributed by atoms with van der Waals surface area (Å²) in [5, 5.41) is 5.86. The lowest BCUT2D eigenvalue weighted by Gasteiger charge is -2.24. The summed E-state index contributed by atoms with van der Waals surface area (Å²) in [5.41, 5.74) is 0.616. The molecule has 1 saturated heterocycles. The molecule has 7 heteroatoms. The van der Waals surface area contributed by atoms with E-state index in [1.165, 1.54) is 0 Å². The predicted octanol–water partition coefficient (Wildman–Crippen LogP) is 4.04. The third kappa shape index (κ3) is 3.98. The van der Waals surface area contributed by atoms with E-state index in [9.17, 15) is 14.4 Å². The smallest absolute Gasteiger partial charge is 0.324 e. The van der Waals surface area contributed by atoms with Gasteiger partial charge in [-0.25, -0.2) is 4.79 Å². The van der Waals surface area contributed by atoms with Gasteiger partial charge in [0, 0.05) is 16.3 Å². The summed E-state index contributed by atoms with van der Waals surface area (Å²) < 4.78 is 0. The first kappa shape index (κ1) is 20.9. The molecule has 1 atom stereocenters. The van der Waals surface area contributed by atoms with Gasteiger partial charge in [0.05, 0.1) is 0 Å². The molecule has 0 radical (unpaired) electrons. The summed E-state index contributed by atoms with van der Waals surface area (Å²) in [5.74, 6) is -0.969. The molecule has 0 bridgehead atoms. The highest BCUT2D eigenvalue weighted by Crippen LogP contribution is 2.33. The van der Waals surface area contributed by atoms with Crippen LogP contribution in [-0.4, -0.2) is 29.3 Å².